The van der Waals surface area contributed by atoms with Crippen molar-refractivity contribution in [2.24, 2.45) is 11.0 Å². The first kappa shape index (κ1) is 23.0. The monoisotopic (exact) mass is 450 g/mol. The van der Waals surface area contributed by atoms with Crippen LogP contribution < -0.4 is 15.6 Å². The second-order valence-electron chi connectivity index (χ2n) is 7.30. The third kappa shape index (κ3) is 4.64. The van der Waals surface area contributed by atoms with Crippen LogP contribution in [0, 0.1) is 38.0 Å². The predicted octanol–water partition coefficient (Wildman–Crippen LogP) is 2.49. The van der Waals surface area contributed by atoms with Gasteiger partial charge in [-0.15, -0.1) is 0 Å². The molecule has 32 heavy (non-hydrogen) atoms. The maximum atomic E-state index is 13.1. The van der Waals surface area contributed by atoms with Gasteiger partial charge in [-0.3, -0.25) is 19.9 Å². The number of nitrogens with zero attached hydrogens (tertiary/aromatic N) is 4. The Bertz CT molecular complexity index is 1170. The van der Waals surface area contributed by atoms with Crippen molar-refractivity contribution < 1.29 is 14.3 Å². The zero-order valence-electron chi connectivity index (χ0n) is 18.1. The molecule has 2 N–H and O–H groups in total. The molecule has 1 aromatic carbocycles. The Morgan fingerprint density at radius 3 is 2.72 bits per heavy atom. The summed E-state index contributed by atoms with van der Waals surface area (Å²) in [4.78, 5) is 31.1. The molecule has 0 bridgehead atoms. The fraction of sp³-hybridized carbons (Fsp3) is 0.273. The Balaban J connectivity index is 1.86. The first-order valence-electron chi connectivity index (χ1n) is 9.71. The Kier molecular flexibility index (Phi) is 6.92. The first-order chi connectivity index (χ1) is 15.3. The number of hydrazone groups is 1. The lowest BCUT2D eigenvalue weighted by Gasteiger charge is -2.31. The van der Waals surface area contributed by atoms with E-state index in [9.17, 15) is 14.9 Å². The van der Waals surface area contributed by atoms with Crippen LogP contribution in [0.5, 0.6) is 0 Å². The van der Waals surface area contributed by atoms with Gasteiger partial charge in [0.05, 0.1) is 12.3 Å². The van der Waals surface area contributed by atoms with Gasteiger partial charge in [0.2, 0.25) is 5.91 Å². The van der Waals surface area contributed by atoms with Gasteiger partial charge in [0, 0.05) is 24.6 Å². The molecule has 0 spiro atoms. The molecule has 0 radical (unpaired) electrons. The number of ether oxygens (including phenoxy) is 1. The third-order valence-electron chi connectivity index (χ3n) is 4.99. The number of methoxy groups -OCH3 is 1. The third-order valence-corrected chi connectivity index (χ3v) is 5.27. The SMILES string of the molecule is COCc1cc(C)nc(N/N=C\[C@H]2C(=O)NC(=S)N(c3ccc(C)c(C)c3)C2=O)c1C#N. The van der Waals surface area contributed by atoms with Crippen molar-refractivity contribution in [2.75, 3.05) is 17.4 Å². The van der Waals surface area contributed by atoms with Gasteiger partial charge in [-0.1, -0.05) is 6.07 Å². The number of aromatic nitrogens is 1. The molecule has 1 atom stereocenters. The van der Waals surface area contributed by atoms with Crippen LogP contribution in [0.3, 0.4) is 0 Å². The number of nitrogens with one attached hydrogen (secondary N) is 2. The summed E-state index contributed by atoms with van der Waals surface area (Å²) in [6.07, 6.45) is 1.18. The summed E-state index contributed by atoms with van der Waals surface area (Å²) < 4.78 is 5.13. The standard InChI is InChI=1S/C22H22N6O3S/c1-12-5-6-16(7-13(12)2)28-21(30)18(20(29)26-22(28)32)10-24-27-19-17(9-23)15(11-31-4)8-14(3)25-19/h5-8,10,18H,11H2,1-4H3,(H,25,27)(H,26,29,32)/b24-10-/t18-/m0/s1. The Labute approximate surface area is 191 Å². The second kappa shape index (κ2) is 9.64. The lowest BCUT2D eigenvalue weighted by molar-refractivity contribution is -0.130. The molecule has 0 aliphatic carbocycles. The molecule has 1 aliphatic rings. The molecule has 1 fully saturated rings. The van der Waals surface area contributed by atoms with Crippen molar-refractivity contribution in [3.63, 3.8) is 0 Å². The van der Waals surface area contributed by atoms with Crippen molar-refractivity contribution in [2.45, 2.75) is 27.4 Å². The fourth-order valence-corrected chi connectivity index (χ4v) is 3.52. The fourth-order valence-electron chi connectivity index (χ4n) is 3.22. The largest absolute Gasteiger partial charge is 0.380 e. The molecular weight excluding hydrogens is 428 g/mol. The summed E-state index contributed by atoms with van der Waals surface area (Å²) in [5, 5.41) is 16.1. The molecule has 2 aromatic rings. The zero-order chi connectivity index (χ0) is 23.4. The maximum Gasteiger partial charge on any atom is 0.251 e. The summed E-state index contributed by atoms with van der Waals surface area (Å²) >= 11 is 5.22. The minimum atomic E-state index is -1.20. The van der Waals surface area contributed by atoms with Crippen molar-refractivity contribution in [3.05, 3.63) is 52.2 Å². The van der Waals surface area contributed by atoms with Gasteiger partial charge < -0.3 is 10.1 Å². The number of aryl methyl sites for hydroxylation is 3. The molecule has 9 nitrogen and oxygen atoms in total. The highest BCUT2D eigenvalue weighted by Gasteiger charge is 2.38. The van der Waals surface area contributed by atoms with Crippen LogP contribution in [0.4, 0.5) is 11.5 Å². The van der Waals surface area contributed by atoms with Gasteiger partial charge in [0.25, 0.3) is 5.91 Å². The van der Waals surface area contributed by atoms with Gasteiger partial charge >= 0.3 is 0 Å². The smallest absolute Gasteiger partial charge is 0.251 e. The lowest BCUT2D eigenvalue weighted by Crippen LogP contribution is -2.58. The summed E-state index contributed by atoms with van der Waals surface area (Å²) in [6, 6.07) is 9.30. The molecule has 1 aliphatic heterocycles. The van der Waals surface area contributed by atoms with E-state index < -0.39 is 17.7 Å². The van der Waals surface area contributed by atoms with Crippen LogP contribution in [0.2, 0.25) is 0 Å². The van der Waals surface area contributed by atoms with E-state index in [0.29, 0.717) is 16.9 Å². The molecule has 1 saturated heterocycles. The van der Waals surface area contributed by atoms with Crippen LogP contribution in [0.15, 0.2) is 29.4 Å². The van der Waals surface area contributed by atoms with Gasteiger partial charge in [-0.05, 0) is 62.3 Å². The van der Waals surface area contributed by atoms with Crippen LogP contribution in [0.25, 0.3) is 0 Å². The Morgan fingerprint density at radius 2 is 2.06 bits per heavy atom. The van der Waals surface area contributed by atoms with E-state index >= 15 is 0 Å². The van der Waals surface area contributed by atoms with Gasteiger partial charge in [0.15, 0.2) is 16.8 Å². The predicted molar refractivity (Wildman–Crippen MR) is 124 cm³/mol. The van der Waals surface area contributed by atoms with E-state index in [2.05, 4.69) is 26.9 Å². The van der Waals surface area contributed by atoms with E-state index in [4.69, 9.17) is 17.0 Å². The second-order valence-corrected chi connectivity index (χ2v) is 7.68. The van der Waals surface area contributed by atoms with Crippen molar-refractivity contribution in [1.29, 1.82) is 5.26 Å². The van der Waals surface area contributed by atoms with Crippen LogP contribution in [0.1, 0.15) is 27.9 Å². The maximum absolute atomic E-state index is 13.1. The Morgan fingerprint density at radius 1 is 1.31 bits per heavy atom. The number of hydrogen-bond acceptors (Lipinski definition) is 8. The van der Waals surface area contributed by atoms with Crippen molar-refractivity contribution in [1.82, 2.24) is 10.3 Å². The number of amides is 2. The van der Waals surface area contributed by atoms with Gasteiger partial charge in [-0.25, -0.2) is 4.98 Å². The number of carbonyl (C=O) groups excluding carboxylic acids is 2. The number of pyridine rings is 1. The van der Waals surface area contributed by atoms with Crippen molar-refractivity contribution >= 4 is 46.9 Å². The quantitative estimate of drug-likeness (QED) is 0.300. The number of benzene rings is 1. The van der Waals surface area contributed by atoms with E-state index in [-0.39, 0.29) is 23.1 Å². The highest BCUT2D eigenvalue weighted by molar-refractivity contribution is 7.80. The molecule has 1 aromatic heterocycles. The normalized spacial score (nSPS) is 16.3. The van der Waals surface area contributed by atoms with E-state index in [1.54, 1.807) is 19.1 Å². The summed E-state index contributed by atoms with van der Waals surface area (Å²) in [5.74, 6) is -2.10. The number of nitriles is 1. The van der Waals surface area contributed by atoms with E-state index in [0.717, 1.165) is 11.1 Å². The van der Waals surface area contributed by atoms with Crippen molar-refractivity contribution in [3.8, 4) is 6.07 Å². The van der Waals surface area contributed by atoms with Crippen LogP contribution >= 0.6 is 12.2 Å². The highest BCUT2D eigenvalue weighted by Crippen LogP contribution is 2.23. The number of hydrogen-bond donors (Lipinski definition) is 2. The molecule has 2 amide bonds. The molecule has 2 heterocycles. The number of anilines is 2. The minimum absolute atomic E-state index is 0.0113. The van der Waals surface area contributed by atoms with Gasteiger partial charge in [-0.2, -0.15) is 10.4 Å². The van der Waals surface area contributed by atoms with Gasteiger partial charge in [0.1, 0.15) is 11.6 Å². The number of thiocarbonyl (C=S) groups is 1. The number of carbonyl (C=O) groups is 2. The zero-order valence-corrected chi connectivity index (χ0v) is 18.9. The Hall–Kier alpha value is -3.68. The first-order valence-corrected chi connectivity index (χ1v) is 10.1. The van der Waals surface area contributed by atoms with E-state index in [1.165, 1.54) is 18.2 Å². The lowest BCUT2D eigenvalue weighted by atomic mass is 10.0. The summed E-state index contributed by atoms with van der Waals surface area (Å²) in [5.41, 5.74) is 6.87. The average molecular weight is 451 g/mol. The summed E-state index contributed by atoms with van der Waals surface area (Å²) in [6.45, 7) is 5.90. The topological polar surface area (TPSA) is 120 Å². The molecule has 0 saturated carbocycles. The highest BCUT2D eigenvalue weighted by atomic mass is 32.1. The summed E-state index contributed by atoms with van der Waals surface area (Å²) in [7, 11) is 1.53. The average Bonchev–Trinajstić information content (AvgIpc) is 2.73. The molecule has 0 unspecified atom stereocenters. The number of rotatable bonds is 6. The van der Waals surface area contributed by atoms with E-state index in [1.807, 2.05) is 26.0 Å². The molecule has 164 valence electrons. The molecule has 3 rings (SSSR count). The minimum Gasteiger partial charge on any atom is -0.380 e. The molecule has 10 heteroatoms. The van der Waals surface area contributed by atoms with Crippen LogP contribution in [-0.4, -0.2) is 35.2 Å². The molecular formula is C22H22N6O3S. The van der Waals surface area contributed by atoms with Crippen LogP contribution in [-0.2, 0) is 20.9 Å².